The number of rotatable bonds is 34. The number of amides is 8. The summed E-state index contributed by atoms with van der Waals surface area (Å²) in [5, 5.41) is 31.0. The lowest BCUT2D eigenvalue weighted by molar-refractivity contribution is -0.136. The molecule has 0 unspecified atom stereocenters. The van der Waals surface area contributed by atoms with Crippen LogP contribution in [0.3, 0.4) is 0 Å². The molecule has 0 saturated heterocycles. The molecule has 7 atom stereocenters. The minimum absolute atomic E-state index is 0.0101. The van der Waals surface area contributed by atoms with Gasteiger partial charge in [0.05, 0.1) is 0 Å². The molecular formula is C56H89N15O8. The quantitative estimate of drug-likeness (QED) is 0.0231. The summed E-state index contributed by atoms with van der Waals surface area (Å²) in [5.74, 6) is -5.90. The topological polar surface area (TPSA) is 389 Å². The molecule has 0 aliphatic rings. The summed E-state index contributed by atoms with van der Waals surface area (Å²) in [4.78, 5) is 119. The van der Waals surface area contributed by atoms with Gasteiger partial charge in [0.15, 0.2) is 5.96 Å². The number of fused-ring (bicyclic) bond motifs is 1. The molecule has 18 N–H and O–H groups in total. The Balaban J connectivity index is 1.91. The number of H-pyrrole nitrogens is 1. The number of carbonyl (C=O) groups is 8. The van der Waals surface area contributed by atoms with Gasteiger partial charge in [-0.1, -0.05) is 97.9 Å². The summed E-state index contributed by atoms with van der Waals surface area (Å²) < 4.78 is 0. The van der Waals surface area contributed by atoms with Gasteiger partial charge in [0.25, 0.3) is 0 Å². The number of aliphatic imine (C=N–C) groups is 1. The number of hydrogen-bond acceptors (Lipinski definition) is 11. The Hall–Kier alpha value is -7.56. The van der Waals surface area contributed by atoms with Crippen LogP contribution in [-0.4, -0.2) is 119 Å². The van der Waals surface area contributed by atoms with Crippen molar-refractivity contribution in [3.8, 4) is 0 Å². The lowest BCUT2D eigenvalue weighted by atomic mass is 9.98. The summed E-state index contributed by atoms with van der Waals surface area (Å²) in [6, 6.07) is 6.30. The number of amidine groups is 1. The maximum atomic E-state index is 14.5. The van der Waals surface area contributed by atoms with E-state index in [2.05, 4.69) is 52.5 Å². The molecule has 0 aliphatic carbocycles. The number of nitrogen functional groups attached to an aromatic ring is 1. The number of nitrogens with two attached hydrogens (primary N) is 4. The average molecular weight is 1100 g/mol. The van der Waals surface area contributed by atoms with E-state index in [1.807, 2.05) is 65.8 Å². The lowest BCUT2D eigenvalue weighted by Gasteiger charge is -2.29. The number of para-hydroxylation sites is 1. The maximum absolute atomic E-state index is 14.5. The van der Waals surface area contributed by atoms with E-state index >= 15 is 0 Å². The number of guanidine groups is 1. The fourth-order valence-electron chi connectivity index (χ4n) is 8.87. The monoisotopic (exact) mass is 1100 g/mol. The molecule has 1 heterocycles. The molecule has 0 saturated carbocycles. The summed E-state index contributed by atoms with van der Waals surface area (Å²) in [7, 11) is 0. The molecule has 3 aromatic rings. The Morgan fingerprint density at radius 2 is 1.05 bits per heavy atom. The third kappa shape index (κ3) is 23.1. The van der Waals surface area contributed by atoms with Gasteiger partial charge in [-0.25, -0.2) is 0 Å². The summed E-state index contributed by atoms with van der Waals surface area (Å²) >= 11 is 0. The van der Waals surface area contributed by atoms with E-state index in [1.54, 1.807) is 44.3 Å². The highest BCUT2D eigenvalue weighted by Crippen LogP contribution is 2.20. The van der Waals surface area contributed by atoms with Crippen LogP contribution < -0.4 is 65.5 Å². The van der Waals surface area contributed by atoms with Crippen LogP contribution in [0.4, 0.5) is 0 Å². The molecule has 0 radical (unpaired) electrons. The number of nitrogens with zero attached hydrogens (tertiary/aromatic N) is 1. The van der Waals surface area contributed by atoms with Crippen LogP contribution in [0.5, 0.6) is 0 Å². The Labute approximate surface area is 464 Å². The predicted octanol–water partition coefficient (Wildman–Crippen LogP) is 1.70. The summed E-state index contributed by atoms with van der Waals surface area (Å²) in [6.07, 6.45) is 3.95. The zero-order chi connectivity index (χ0) is 58.9. The fraction of sp³-hybridized carbons (Fsp3) is 0.571. The molecule has 1 aromatic heterocycles. The minimum Gasteiger partial charge on any atom is -0.384 e. The maximum Gasteiger partial charge on any atom is 0.243 e. The Morgan fingerprint density at radius 3 is 1.57 bits per heavy atom. The highest BCUT2D eigenvalue weighted by Gasteiger charge is 2.36. The summed E-state index contributed by atoms with van der Waals surface area (Å²) in [5.41, 5.74) is 25.3. The van der Waals surface area contributed by atoms with Crippen molar-refractivity contribution in [3.63, 3.8) is 0 Å². The van der Waals surface area contributed by atoms with Crippen molar-refractivity contribution in [3.05, 3.63) is 71.4 Å². The van der Waals surface area contributed by atoms with Crippen molar-refractivity contribution in [2.45, 2.75) is 169 Å². The normalized spacial score (nSPS) is 14.0. The SMILES string of the molecule is CC(=O)N[C@@H](CC(C)C)C(=O)N[C@@H](Cc1c[nH]c2ccccc12)C(=O)N[C@@H](CC(C)C)C(=O)N[C@@H](CC(C)C)C(=O)N[C@@H](CCCN=C(N)N)C(=O)N[C@H](C(=O)N[C@@H](CCCCN)C(=O)NCc1ccc(C(=N)N)cc1)C(C)C. The molecule has 0 fully saturated rings. The first kappa shape index (κ1) is 65.7. The van der Waals surface area contributed by atoms with E-state index < -0.39 is 95.5 Å². The van der Waals surface area contributed by atoms with Crippen molar-refractivity contribution in [2.24, 2.45) is 51.6 Å². The van der Waals surface area contributed by atoms with Crippen molar-refractivity contribution in [1.82, 2.24) is 47.5 Å². The molecule has 436 valence electrons. The van der Waals surface area contributed by atoms with E-state index in [0.717, 1.165) is 22.0 Å². The molecule has 2 aromatic carbocycles. The third-order valence-electron chi connectivity index (χ3n) is 12.9. The zero-order valence-electron chi connectivity index (χ0n) is 47.6. The molecule has 23 nitrogen and oxygen atoms in total. The number of unbranched alkanes of at least 4 members (excludes halogenated alkanes) is 1. The van der Waals surface area contributed by atoms with E-state index in [-0.39, 0.29) is 81.2 Å². The first-order valence-electron chi connectivity index (χ1n) is 27.4. The zero-order valence-corrected chi connectivity index (χ0v) is 47.6. The number of nitrogens with one attached hydrogen (secondary N) is 10. The van der Waals surface area contributed by atoms with E-state index in [9.17, 15) is 38.4 Å². The molecule has 23 heteroatoms. The van der Waals surface area contributed by atoms with Crippen LogP contribution in [0.15, 0.2) is 59.7 Å². The van der Waals surface area contributed by atoms with Crippen molar-refractivity contribution in [2.75, 3.05) is 13.1 Å². The number of hydrogen-bond donors (Lipinski definition) is 14. The largest absolute Gasteiger partial charge is 0.384 e. The van der Waals surface area contributed by atoms with Gasteiger partial charge in [-0.3, -0.25) is 48.8 Å². The van der Waals surface area contributed by atoms with Crippen LogP contribution >= 0.6 is 0 Å². The van der Waals surface area contributed by atoms with E-state index in [0.29, 0.717) is 31.4 Å². The van der Waals surface area contributed by atoms with Crippen molar-refractivity contribution >= 4 is 70.0 Å². The number of carbonyl (C=O) groups excluding carboxylic acids is 8. The average Bonchev–Trinajstić information content (AvgIpc) is 3.82. The second-order valence-electron chi connectivity index (χ2n) is 21.8. The number of aromatic amines is 1. The van der Waals surface area contributed by atoms with Crippen LogP contribution in [0.1, 0.15) is 130 Å². The lowest BCUT2D eigenvalue weighted by Crippen LogP contribution is -2.61. The summed E-state index contributed by atoms with van der Waals surface area (Å²) in [6.45, 7) is 16.6. The van der Waals surface area contributed by atoms with Gasteiger partial charge in [0, 0.05) is 49.1 Å². The second kappa shape index (κ2) is 33.0. The highest BCUT2D eigenvalue weighted by molar-refractivity contribution is 5.98. The van der Waals surface area contributed by atoms with Crippen LogP contribution in [0.2, 0.25) is 0 Å². The fourth-order valence-corrected chi connectivity index (χ4v) is 8.87. The molecule has 3 rings (SSSR count). The smallest absolute Gasteiger partial charge is 0.243 e. The van der Waals surface area contributed by atoms with Crippen LogP contribution in [0.25, 0.3) is 10.9 Å². The number of benzene rings is 2. The predicted molar refractivity (Wildman–Crippen MR) is 307 cm³/mol. The van der Waals surface area contributed by atoms with Gasteiger partial charge in [0.2, 0.25) is 47.3 Å². The van der Waals surface area contributed by atoms with E-state index in [1.165, 1.54) is 6.92 Å². The van der Waals surface area contributed by atoms with Crippen molar-refractivity contribution < 1.29 is 38.4 Å². The molecule has 0 aliphatic heterocycles. The van der Waals surface area contributed by atoms with Crippen LogP contribution in [-0.2, 0) is 51.3 Å². The molecule has 0 bridgehead atoms. The van der Waals surface area contributed by atoms with Gasteiger partial charge >= 0.3 is 0 Å². The highest BCUT2D eigenvalue weighted by atomic mass is 16.2. The third-order valence-corrected chi connectivity index (χ3v) is 12.9. The van der Waals surface area contributed by atoms with Gasteiger partial charge in [-0.2, -0.15) is 0 Å². The van der Waals surface area contributed by atoms with E-state index in [4.69, 9.17) is 28.3 Å². The van der Waals surface area contributed by atoms with Crippen molar-refractivity contribution in [1.29, 1.82) is 5.41 Å². The molecular weight excluding hydrogens is 1010 g/mol. The minimum atomic E-state index is -1.27. The first-order valence-corrected chi connectivity index (χ1v) is 27.4. The molecule has 79 heavy (non-hydrogen) atoms. The van der Waals surface area contributed by atoms with Crippen LogP contribution in [0, 0.1) is 29.1 Å². The molecule has 0 spiro atoms. The Kier molecular flexibility index (Phi) is 27.5. The Morgan fingerprint density at radius 1 is 0.570 bits per heavy atom. The number of aromatic nitrogens is 1. The second-order valence-corrected chi connectivity index (χ2v) is 21.8. The van der Waals surface area contributed by atoms with Gasteiger partial charge < -0.3 is 70.5 Å². The Bertz CT molecular complexity index is 2540. The van der Waals surface area contributed by atoms with Gasteiger partial charge in [-0.05, 0) is 98.8 Å². The van der Waals surface area contributed by atoms with Gasteiger partial charge in [-0.15, -0.1) is 0 Å². The molecule has 8 amide bonds. The first-order chi connectivity index (χ1) is 37.3. The van der Waals surface area contributed by atoms with Gasteiger partial charge in [0.1, 0.15) is 48.1 Å². The standard InChI is InChI=1S/C56H89N15O8/c1-31(2)25-43(65-35(9)72)51(75)70-46(28-38-30-63-40-16-11-10-15-39(38)40)54(78)69-45(27-33(5)6)53(77)68-44(26-32(3)4)52(76)66-42(18-14-24-62-56(60)61)50(74)71-47(34(7)8)55(79)67-41(17-12-13-23-57)49(73)64-29-36-19-21-37(22-20-36)48(58)59/h10-11,15-16,19-22,30-34,41-47,63H,12-14,17-18,23-29,57H2,1-9H3,(H3,58,59)(H,64,73)(H,65,72)(H,66,76)(H,67,79)(H,68,77)(H,69,78)(H,70,75)(H,71,74)(H4,60,61,62)/t41-,42-,43-,44-,45-,46-,47-/m0/s1.